The Bertz CT molecular complexity index is 596. The first-order valence-corrected chi connectivity index (χ1v) is 11.7. The zero-order valence-corrected chi connectivity index (χ0v) is 18.8. The Labute approximate surface area is 189 Å². The van der Waals surface area contributed by atoms with Crippen molar-refractivity contribution >= 4 is 5.97 Å². The summed E-state index contributed by atoms with van der Waals surface area (Å²) >= 11 is 0. The highest BCUT2D eigenvalue weighted by molar-refractivity contribution is 5.79. The maximum absolute atomic E-state index is 13.4. The standard InChI is InChI=1S/C22H33F7O4/c1-2-3-4-5-6-7-8-15-9-11-16(12-10-15)17-13-31-19(32-14-17)33-18(30)20(23,24)21(25,26)22(27,28)29/h15-17,19H,2-14H2,1H3. The topological polar surface area (TPSA) is 44.8 Å². The molecule has 0 aromatic heterocycles. The molecule has 0 amide bonds. The van der Waals surface area contributed by atoms with Crippen LogP contribution in [0.3, 0.4) is 0 Å². The quantitative estimate of drug-likeness (QED) is 0.179. The number of halogens is 7. The number of hydrogen-bond donors (Lipinski definition) is 0. The van der Waals surface area contributed by atoms with Gasteiger partial charge in [0.2, 0.25) is 0 Å². The zero-order chi connectivity index (χ0) is 24.7. The molecule has 0 bridgehead atoms. The van der Waals surface area contributed by atoms with E-state index >= 15 is 0 Å². The molecule has 33 heavy (non-hydrogen) atoms. The van der Waals surface area contributed by atoms with Crippen LogP contribution >= 0.6 is 0 Å². The molecule has 0 spiro atoms. The van der Waals surface area contributed by atoms with E-state index in [0.29, 0.717) is 5.92 Å². The molecule has 2 fully saturated rings. The lowest BCUT2D eigenvalue weighted by Crippen LogP contribution is -2.57. The molecule has 0 N–H and O–H groups in total. The smallest absolute Gasteiger partial charge is 0.406 e. The third kappa shape index (κ3) is 7.44. The Morgan fingerprint density at radius 2 is 1.36 bits per heavy atom. The molecule has 1 heterocycles. The van der Waals surface area contributed by atoms with Gasteiger partial charge in [-0.1, -0.05) is 64.7 Å². The zero-order valence-electron chi connectivity index (χ0n) is 18.8. The second kappa shape index (κ2) is 12.0. The SMILES string of the molecule is CCCCCCCCC1CCC(C2COC(OC(=O)C(F)(F)C(F)(F)C(F)(F)F)OC2)CC1. The molecule has 0 atom stereocenters. The third-order valence-electron chi connectivity index (χ3n) is 6.63. The molecule has 4 nitrogen and oxygen atoms in total. The monoisotopic (exact) mass is 494 g/mol. The van der Waals surface area contributed by atoms with Gasteiger partial charge >= 0.3 is 30.5 Å². The molecule has 2 aliphatic rings. The Balaban J connectivity index is 1.69. The fourth-order valence-corrected chi connectivity index (χ4v) is 4.47. The maximum Gasteiger partial charge on any atom is 0.460 e. The van der Waals surface area contributed by atoms with Gasteiger partial charge in [0.05, 0.1) is 13.2 Å². The number of alkyl halides is 7. The first kappa shape index (κ1) is 28.1. The van der Waals surface area contributed by atoms with Gasteiger partial charge < -0.3 is 14.2 Å². The summed E-state index contributed by atoms with van der Waals surface area (Å²) in [6, 6.07) is 0. The third-order valence-corrected chi connectivity index (χ3v) is 6.63. The summed E-state index contributed by atoms with van der Waals surface area (Å²) < 4.78 is 103. The number of carbonyl (C=O) groups is 1. The average Bonchev–Trinajstić information content (AvgIpc) is 2.76. The van der Waals surface area contributed by atoms with E-state index in [4.69, 9.17) is 9.47 Å². The molecule has 2 rings (SSSR count). The fourth-order valence-electron chi connectivity index (χ4n) is 4.47. The largest absolute Gasteiger partial charge is 0.460 e. The predicted molar refractivity (Wildman–Crippen MR) is 105 cm³/mol. The van der Waals surface area contributed by atoms with E-state index in [1.807, 2.05) is 0 Å². The van der Waals surface area contributed by atoms with Crippen LogP contribution in [0.2, 0.25) is 0 Å². The maximum atomic E-state index is 13.4. The van der Waals surface area contributed by atoms with Crippen molar-refractivity contribution in [3.8, 4) is 0 Å². The highest BCUT2D eigenvalue weighted by Crippen LogP contribution is 2.47. The first-order chi connectivity index (χ1) is 15.4. The molecule has 0 radical (unpaired) electrons. The van der Waals surface area contributed by atoms with Gasteiger partial charge in [0.15, 0.2) is 0 Å². The lowest BCUT2D eigenvalue weighted by Gasteiger charge is -2.37. The fraction of sp³-hybridized carbons (Fsp3) is 0.955. The van der Waals surface area contributed by atoms with Crippen molar-refractivity contribution < 1.29 is 49.7 Å². The minimum absolute atomic E-state index is 0.0219. The van der Waals surface area contributed by atoms with Crippen molar-refractivity contribution in [1.82, 2.24) is 0 Å². The van der Waals surface area contributed by atoms with Crippen molar-refractivity contribution in [2.45, 2.75) is 102 Å². The Kier molecular flexibility index (Phi) is 10.3. The van der Waals surface area contributed by atoms with E-state index in [2.05, 4.69) is 11.7 Å². The van der Waals surface area contributed by atoms with Crippen LogP contribution in [0.1, 0.15) is 77.6 Å². The lowest BCUT2D eigenvalue weighted by molar-refractivity contribution is -0.362. The van der Waals surface area contributed by atoms with Crippen LogP contribution in [-0.4, -0.2) is 43.7 Å². The number of carbonyl (C=O) groups excluding carboxylic acids is 1. The van der Waals surface area contributed by atoms with Crippen LogP contribution < -0.4 is 0 Å². The van der Waals surface area contributed by atoms with Crippen molar-refractivity contribution in [1.29, 1.82) is 0 Å². The van der Waals surface area contributed by atoms with Gasteiger partial charge in [-0.05, 0) is 24.7 Å². The molecule has 1 aliphatic carbocycles. The summed E-state index contributed by atoms with van der Waals surface area (Å²) in [5, 5.41) is 0. The van der Waals surface area contributed by atoms with Gasteiger partial charge in [0.25, 0.3) is 0 Å². The van der Waals surface area contributed by atoms with E-state index in [9.17, 15) is 35.5 Å². The van der Waals surface area contributed by atoms with Gasteiger partial charge in [-0.3, -0.25) is 0 Å². The number of ether oxygens (including phenoxy) is 3. The van der Waals surface area contributed by atoms with Crippen molar-refractivity contribution in [3.63, 3.8) is 0 Å². The lowest BCUT2D eigenvalue weighted by atomic mass is 9.74. The van der Waals surface area contributed by atoms with E-state index in [0.717, 1.165) is 25.7 Å². The normalized spacial score (nSPS) is 27.4. The molecule has 11 heteroatoms. The summed E-state index contributed by atoms with van der Waals surface area (Å²) in [5.74, 6) is -14.9. The van der Waals surface area contributed by atoms with Gasteiger partial charge in [-0.15, -0.1) is 0 Å². The Morgan fingerprint density at radius 1 is 0.818 bits per heavy atom. The minimum atomic E-state index is -6.62. The van der Waals surface area contributed by atoms with Gasteiger partial charge in [-0.2, -0.15) is 30.7 Å². The van der Waals surface area contributed by atoms with E-state index in [-0.39, 0.29) is 25.0 Å². The second-order valence-corrected chi connectivity index (χ2v) is 9.10. The van der Waals surface area contributed by atoms with Crippen LogP contribution in [-0.2, 0) is 19.0 Å². The molecule has 0 aromatic rings. The molecular formula is C22H33F7O4. The molecule has 1 saturated heterocycles. The Morgan fingerprint density at radius 3 is 1.91 bits per heavy atom. The number of unbranched alkanes of at least 4 members (excludes halogenated alkanes) is 5. The average molecular weight is 494 g/mol. The molecule has 1 aliphatic heterocycles. The van der Waals surface area contributed by atoms with Crippen LogP contribution in [0.15, 0.2) is 0 Å². The van der Waals surface area contributed by atoms with Crippen molar-refractivity contribution in [3.05, 3.63) is 0 Å². The minimum Gasteiger partial charge on any atom is -0.406 e. The van der Waals surface area contributed by atoms with E-state index < -0.39 is 30.5 Å². The Hall–Kier alpha value is -1.10. The predicted octanol–water partition coefficient (Wildman–Crippen LogP) is 6.87. The summed E-state index contributed by atoms with van der Waals surface area (Å²) in [6.07, 6.45) is 6.11. The molecule has 0 unspecified atom stereocenters. The summed E-state index contributed by atoms with van der Waals surface area (Å²) in [6.45, 7) is 0.0942. The molecule has 1 saturated carbocycles. The highest BCUT2D eigenvalue weighted by atomic mass is 19.4. The summed E-state index contributed by atoms with van der Waals surface area (Å²) in [7, 11) is 0. The summed E-state index contributed by atoms with van der Waals surface area (Å²) in [4.78, 5) is 11.3. The number of hydrogen-bond acceptors (Lipinski definition) is 4. The molecule has 194 valence electrons. The first-order valence-electron chi connectivity index (χ1n) is 11.7. The summed E-state index contributed by atoms with van der Waals surface area (Å²) in [5.41, 5.74) is 0. The van der Waals surface area contributed by atoms with Crippen molar-refractivity contribution in [2.75, 3.05) is 13.2 Å². The second-order valence-electron chi connectivity index (χ2n) is 9.10. The van der Waals surface area contributed by atoms with Crippen LogP contribution in [0.4, 0.5) is 30.7 Å². The van der Waals surface area contributed by atoms with Crippen LogP contribution in [0, 0.1) is 17.8 Å². The van der Waals surface area contributed by atoms with Crippen LogP contribution in [0.5, 0.6) is 0 Å². The van der Waals surface area contributed by atoms with Gasteiger partial charge in [-0.25, -0.2) is 4.79 Å². The highest BCUT2D eigenvalue weighted by Gasteiger charge is 2.77. The van der Waals surface area contributed by atoms with Gasteiger partial charge in [0.1, 0.15) is 0 Å². The van der Waals surface area contributed by atoms with E-state index in [1.54, 1.807) is 0 Å². The van der Waals surface area contributed by atoms with Crippen LogP contribution in [0.25, 0.3) is 0 Å². The number of esters is 1. The van der Waals surface area contributed by atoms with Gasteiger partial charge in [0, 0.05) is 5.92 Å². The number of rotatable bonds is 11. The molecule has 0 aromatic carbocycles. The molecular weight excluding hydrogens is 461 g/mol. The van der Waals surface area contributed by atoms with Crippen molar-refractivity contribution in [2.24, 2.45) is 17.8 Å². The van der Waals surface area contributed by atoms with E-state index in [1.165, 1.54) is 44.9 Å².